The van der Waals surface area contributed by atoms with Gasteiger partial charge in [-0.2, -0.15) is 0 Å². The predicted octanol–water partition coefficient (Wildman–Crippen LogP) is 2.71. The lowest BCUT2D eigenvalue weighted by Gasteiger charge is -2.19. The van der Waals surface area contributed by atoms with E-state index in [1.165, 1.54) is 6.92 Å². The molecule has 0 spiro atoms. The van der Waals surface area contributed by atoms with E-state index in [1.54, 1.807) is 0 Å². The van der Waals surface area contributed by atoms with E-state index in [-0.39, 0.29) is 25.7 Å². The normalized spacial score (nSPS) is 10.1. The molecule has 2 aromatic rings. The van der Waals surface area contributed by atoms with Crippen molar-refractivity contribution < 1.29 is 19.2 Å². The maximum absolute atomic E-state index is 11.8. The number of esters is 1. The summed E-state index contributed by atoms with van der Waals surface area (Å²) in [4.78, 5) is 28.8. The zero-order valence-corrected chi connectivity index (χ0v) is 13.0. The minimum atomic E-state index is -0.517. The molecular formula is C18H19NO4. The zero-order chi connectivity index (χ0) is 16.5. The number of hydrogen-bond acceptors (Lipinski definition) is 4. The minimum absolute atomic E-state index is 0.171. The van der Waals surface area contributed by atoms with Gasteiger partial charge in [-0.15, -0.1) is 0 Å². The third kappa shape index (κ3) is 5.92. The van der Waals surface area contributed by atoms with E-state index in [0.29, 0.717) is 0 Å². The summed E-state index contributed by atoms with van der Waals surface area (Å²) in [6, 6.07) is 18.8. The van der Waals surface area contributed by atoms with E-state index in [2.05, 4.69) is 0 Å². The Morgan fingerprint density at radius 1 is 0.870 bits per heavy atom. The number of benzene rings is 2. The molecule has 5 heteroatoms. The smallest absolute Gasteiger partial charge is 0.328 e. The number of amides is 1. The van der Waals surface area contributed by atoms with Crippen LogP contribution in [0.15, 0.2) is 60.7 Å². The van der Waals surface area contributed by atoms with Crippen molar-refractivity contribution in [2.75, 3.05) is 6.54 Å². The van der Waals surface area contributed by atoms with Crippen LogP contribution in [0.2, 0.25) is 0 Å². The van der Waals surface area contributed by atoms with Crippen molar-refractivity contribution in [3.8, 4) is 0 Å². The highest BCUT2D eigenvalue weighted by atomic mass is 16.7. The van der Waals surface area contributed by atoms with Gasteiger partial charge in [0.25, 0.3) is 0 Å². The van der Waals surface area contributed by atoms with E-state index in [1.807, 2.05) is 60.7 Å². The van der Waals surface area contributed by atoms with Crippen molar-refractivity contribution in [3.05, 3.63) is 71.8 Å². The molecule has 0 aliphatic heterocycles. The van der Waals surface area contributed by atoms with Gasteiger partial charge in [-0.1, -0.05) is 60.7 Å². The Balaban J connectivity index is 1.81. The Kier molecular flexibility index (Phi) is 6.32. The van der Waals surface area contributed by atoms with Gasteiger partial charge in [-0.05, 0) is 11.1 Å². The van der Waals surface area contributed by atoms with Crippen molar-refractivity contribution in [2.45, 2.75) is 20.1 Å². The van der Waals surface area contributed by atoms with Crippen molar-refractivity contribution >= 4 is 11.9 Å². The van der Waals surface area contributed by atoms with Gasteiger partial charge >= 0.3 is 5.97 Å². The summed E-state index contributed by atoms with van der Waals surface area (Å²) in [5.74, 6) is -0.866. The predicted molar refractivity (Wildman–Crippen MR) is 84.9 cm³/mol. The molecule has 2 rings (SSSR count). The summed E-state index contributed by atoms with van der Waals surface area (Å²) in [7, 11) is 0. The van der Waals surface area contributed by atoms with E-state index >= 15 is 0 Å². The minimum Gasteiger partial charge on any atom is -0.459 e. The van der Waals surface area contributed by atoms with Crippen LogP contribution in [0.3, 0.4) is 0 Å². The topological polar surface area (TPSA) is 55.8 Å². The molecule has 0 bridgehead atoms. The molecule has 5 nitrogen and oxygen atoms in total. The van der Waals surface area contributed by atoms with Crippen LogP contribution in [0.5, 0.6) is 0 Å². The molecule has 0 radical (unpaired) electrons. The van der Waals surface area contributed by atoms with Gasteiger partial charge in [-0.25, -0.2) is 5.06 Å². The van der Waals surface area contributed by atoms with Crippen LogP contribution in [0.4, 0.5) is 0 Å². The average Bonchev–Trinajstić information content (AvgIpc) is 2.58. The summed E-state index contributed by atoms with van der Waals surface area (Å²) in [6.45, 7) is 1.49. The quantitative estimate of drug-likeness (QED) is 0.582. The molecule has 0 fully saturated rings. The van der Waals surface area contributed by atoms with Crippen LogP contribution < -0.4 is 0 Å². The summed E-state index contributed by atoms with van der Waals surface area (Å²) in [6.07, 6.45) is 0. The number of carbonyl (C=O) groups is 2. The van der Waals surface area contributed by atoms with Gasteiger partial charge in [0, 0.05) is 6.92 Å². The summed E-state index contributed by atoms with van der Waals surface area (Å²) in [5.41, 5.74) is 1.80. The molecule has 1 amide bonds. The van der Waals surface area contributed by atoms with Crippen molar-refractivity contribution in [2.24, 2.45) is 0 Å². The molecule has 0 aromatic heterocycles. The fourth-order valence-electron chi connectivity index (χ4n) is 1.88. The third-order valence-corrected chi connectivity index (χ3v) is 3.10. The van der Waals surface area contributed by atoms with Crippen LogP contribution in [0.1, 0.15) is 18.1 Å². The summed E-state index contributed by atoms with van der Waals surface area (Å²) >= 11 is 0. The van der Waals surface area contributed by atoms with Gasteiger partial charge in [0.15, 0.2) is 0 Å². The lowest BCUT2D eigenvalue weighted by Crippen LogP contribution is -2.34. The number of ether oxygens (including phenoxy) is 1. The van der Waals surface area contributed by atoms with Gasteiger partial charge in [0.2, 0.25) is 5.91 Å². The second kappa shape index (κ2) is 8.70. The molecular weight excluding hydrogens is 294 g/mol. The Morgan fingerprint density at radius 2 is 1.39 bits per heavy atom. The molecule has 0 saturated carbocycles. The SMILES string of the molecule is CC(=O)N(CC(=O)OCc1ccccc1)OCc1ccccc1. The number of hydroxylamine groups is 2. The number of rotatable bonds is 7. The Morgan fingerprint density at radius 3 is 1.91 bits per heavy atom. The molecule has 0 atom stereocenters. The van der Waals surface area contributed by atoms with E-state index in [0.717, 1.165) is 16.2 Å². The largest absolute Gasteiger partial charge is 0.459 e. The van der Waals surface area contributed by atoms with Gasteiger partial charge in [0.1, 0.15) is 19.8 Å². The number of nitrogens with zero attached hydrogens (tertiary/aromatic N) is 1. The lowest BCUT2D eigenvalue weighted by atomic mass is 10.2. The van der Waals surface area contributed by atoms with Gasteiger partial charge in [-0.3, -0.25) is 14.4 Å². The highest BCUT2D eigenvalue weighted by Gasteiger charge is 2.16. The van der Waals surface area contributed by atoms with Crippen molar-refractivity contribution in [3.63, 3.8) is 0 Å². The van der Waals surface area contributed by atoms with E-state index in [9.17, 15) is 9.59 Å². The number of hydrogen-bond donors (Lipinski definition) is 0. The first-order valence-electron chi connectivity index (χ1n) is 7.29. The maximum atomic E-state index is 11.8. The zero-order valence-electron chi connectivity index (χ0n) is 13.0. The Hall–Kier alpha value is -2.66. The molecule has 0 aliphatic rings. The molecule has 2 aromatic carbocycles. The van der Waals surface area contributed by atoms with Crippen LogP contribution in [0, 0.1) is 0 Å². The first-order valence-corrected chi connectivity index (χ1v) is 7.29. The molecule has 0 heterocycles. The monoisotopic (exact) mass is 313 g/mol. The third-order valence-electron chi connectivity index (χ3n) is 3.10. The lowest BCUT2D eigenvalue weighted by molar-refractivity contribution is -0.196. The Labute approximate surface area is 135 Å². The highest BCUT2D eigenvalue weighted by molar-refractivity contribution is 5.79. The van der Waals surface area contributed by atoms with Crippen LogP contribution in [-0.2, 0) is 32.4 Å². The first kappa shape index (κ1) is 16.7. The van der Waals surface area contributed by atoms with Crippen LogP contribution >= 0.6 is 0 Å². The van der Waals surface area contributed by atoms with E-state index in [4.69, 9.17) is 9.57 Å². The van der Waals surface area contributed by atoms with Gasteiger partial charge < -0.3 is 4.74 Å². The summed E-state index contributed by atoms with van der Waals surface area (Å²) in [5, 5.41) is 1.01. The molecule has 0 aliphatic carbocycles. The fraction of sp³-hybridized carbons (Fsp3) is 0.222. The molecule has 0 saturated heterocycles. The molecule has 120 valence electrons. The molecule has 23 heavy (non-hydrogen) atoms. The van der Waals surface area contributed by atoms with Crippen molar-refractivity contribution in [1.82, 2.24) is 5.06 Å². The van der Waals surface area contributed by atoms with Crippen molar-refractivity contribution in [1.29, 1.82) is 0 Å². The van der Waals surface area contributed by atoms with Gasteiger partial charge in [0.05, 0.1) is 0 Å². The second-order valence-corrected chi connectivity index (χ2v) is 4.96. The molecule has 0 unspecified atom stereocenters. The highest BCUT2D eigenvalue weighted by Crippen LogP contribution is 2.05. The Bertz CT molecular complexity index is 628. The van der Waals surface area contributed by atoms with E-state index < -0.39 is 5.97 Å². The maximum Gasteiger partial charge on any atom is 0.328 e. The number of carbonyl (C=O) groups excluding carboxylic acids is 2. The standard InChI is InChI=1S/C18H19NO4/c1-15(20)19(23-14-17-10-6-3-7-11-17)12-18(21)22-13-16-8-4-2-5-9-16/h2-11H,12-14H2,1H3. The molecule has 0 N–H and O–H groups in total. The first-order chi connectivity index (χ1) is 11.1. The summed E-state index contributed by atoms with van der Waals surface area (Å²) < 4.78 is 5.15. The van der Waals surface area contributed by atoms with Crippen LogP contribution in [-0.4, -0.2) is 23.5 Å². The average molecular weight is 313 g/mol. The fourth-order valence-corrected chi connectivity index (χ4v) is 1.88. The second-order valence-electron chi connectivity index (χ2n) is 4.96. The van der Waals surface area contributed by atoms with Crippen LogP contribution in [0.25, 0.3) is 0 Å².